The van der Waals surface area contributed by atoms with E-state index in [4.69, 9.17) is 0 Å². The zero-order chi connectivity index (χ0) is 15.4. The van der Waals surface area contributed by atoms with Gasteiger partial charge in [0.05, 0.1) is 6.04 Å². The van der Waals surface area contributed by atoms with E-state index in [9.17, 15) is 4.79 Å². The van der Waals surface area contributed by atoms with Crippen LogP contribution in [0.2, 0.25) is 0 Å². The minimum atomic E-state index is 0.182. The summed E-state index contributed by atoms with van der Waals surface area (Å²) >= 11 is 0. The Kier molecular flexibility index (Phi) is 5.11. The van der Waals surface area contributed by atoms with Gasteiger partial charge in [-0.3, -0.25) is 4.79 Å². The van der Waals surface area contributed by atoms with Gasteiger partial charge in [0, 0.05) is 26.1 Å². The number of amides is 1. The van der Waals surface area contributed by atoms with E-state index in [-0.39, 0.29) is 6.04 Å². The highest BCUT2D eigenvalue weighted by molar-refractivity contribution is 5.77. The molecule has 2 aliphatic heterocycles. The van der Waals surface area contributed by atoms with E-state index in [1.165, 1.54) is 11.1 Å². The summed E-state index contributed by atoms with van der Waals surface area (Å²) in [7, 11) is 0. The maximum Gasteiger partial charge on any atom is 0.223 e. The van der Waals surface area contributed by atoms with Gasteiger partial charge in [-0.25, -0.2) is 0 Å². The van der Waals surface area contributed by atoms with Crippen LogP contribution in [0, 0.1) is 5.92 Å². The molecule has 0 saturated carbocycles. The second kappa shape index (κ2) is 7.25. The molecular weight excluding hydrogens is 274 g/mol. The lowest BCUT2D eigenvalue weighted by atomic mass is 9.98. The second-order valence-corrected chi connectivity index (χ2v) is 6.47. The van der Waals surface area contributed by atoms with Gasteiger partial charge >= 0.3 is 0 Å². The minimum absolute atomic E-state index is 0.182. The number of benzene rings is 1. The zero-order valence-electron chi connectivity index (χ0n) is 13.5. The molecule has 2 aliphatic rings. The van der Waals surface area contributed by atoms with Gasteiger partial charge in [0.1, 0.15) is 0 Å². The molecule has 0 aliphatic carbocycles. The molecule has 0 spiro atoms. The maximum atomic E-state index is 12.7. The van der Waals surface area contributed by atoms with E-state index in [1.54, 1.807) is 0 Å². The van der Waals surface area contributed by atoms with Crippen molar-refractivity contribution in [2.45, 2.75) is 32.2 Å². The largest absolute Gasteiger partial charge is 0.333 e. The maximum absolute atomic E-state index is 12.7. The van der Waals surface area contributed by atoms with Crippen molar-refractivity contribution in [1.82, 2.24) is 15.5 Å². The third-order valence-corrected chi connectivity index (χ3v) is 4.96. The Bertz CT molecular complexity index is 494. The predicted molar refractivity (Wildman–Crippen MR) is 88.7 cm³/mol. The molecule has 4 nitrogen and oxygen atoms in total. The number of aryl methyl sites for hydroxylation is 1. The van der Waals surface area contributed by atoms with Crippen molar-refractivity contribution in [3.8, 4) is 0 Å². The van der Waals surface area contributed by atoms with Crippen LogP contribution in [0.25, 0.3) is 0 Å². The topological polar surface area (TPSA) is 44.4 Å². The molecule has 120 valence electrons. The predicted octanol–water partition coefficient (Wildman–Crippen LogP) is 1.72. The van der Waals surface area contributed by atoms with E-state index in [2.05, 4.69) is 46.7 Å². The number of hydrogen-bond donors (Lipinski definition) is 2. The first-order valence-electron chi connectivity index (χ1n) is 8.57. The summed E-state index contributed by atoms with van der Waals surface area (Å²) in [6, 6.07) is 8.93. The smallest absolute Gasteiger partial charge is 0.223 e. The van der Waals surface area contributed by atoms with Gasteiger partial charge < -0.3 is 15.5 Å². The van der Waals surface area contributed by atoms with Crippen LogP contribution in [0.3, 0.4) is 0 Å². The molecule has 1 aromatic carbocycles. The Morgan fingerprint density at radius 2 is 1.95 bits per heavy atom. The van der Waals surface area contributed by atoms with E-state index >= 15 is 0 Å². The summed E-state index contributed by atoms with van der Waals surface area (Å²) in [5.74, 6) is 0.838. The fourth-order valence-corrected chi connectivity index (χ4v) is 3.53. The molecule has 2 unspecified atom stereocenters. The summed E-state index contributed by atoms with van der Waals surface area (Å²) in [5, 5.41) is 6.79. The Labute approximate surface area is 133 Å². The highest BCUT2D eigenvalue weighted by Crippen LogP contribution is 2.25. The average molecular weight is 301 g/mol. The monoisotopic (exact) mass is 301 g/mol. The molecule has 2 atom stereocenters. The molecule has 0 bridgehead atoms. The first-order chi connectivity index (χ1) is 10.8. The number of piperazine rings is 1. The van der Waals surface area contributed by atoms with Crippen LogP contribution in [0.5, 0.6) is 0 Å². The first-order valence-corrected chi connectivity index (χ1v) is 8.57. The van der Waals surface area contributed by atoms with Gasteiger partial charge in [-0.2, -0.15) is 0 Å². The van der Waals surface area contributed by atoms with E-state index in [1.807, 2.05) is 0 Å². The van der Waals surface area contributed by atoms with E-state index in [0.29, 0.717) is 18.2 Å². The van der Waals surface area contributed by atoms with Crippen LogP contribution >= 0.6 is 0 Å². The third-order valence-electron chi connectivity index (χ3n) is 4.96. The van der Waals surface area contributed by atoms with Crippen LogP contribution in [-0.2, 0) is 11.2 Å². The lowest BCUT2D eigenvalue weighted by molar-refractivity contribution is -0.135. The molecule has 22 heavy (non-hydrogen) atoms. The van der Waals surface area contributed by atoms with Gasteiger partial charge in [0.25, 0.3) is 0 Å². The molecule has 2 heterocycles. The Morgan fingerprint density at radius 1 is 1.18 bits per heavy atom. The van der Waals surface area contributed by atoms with Crippen molar-refractivity contribution in [3.05, 3.63) is 35.4 Å². The van der Waals surface area contributed by atoms with Gasteiger partial charge in [-0.1, -0.05) is 31.2 Å². The highest BCUT2D eigenvalue weighted by atomic mass is 16.2. The number of hydrogen-bond acceptors (Lipinski definition) is 3. The number of nitrogens with one attached hydrogen (secondary N) is 2. The van der Waals surface area contributed by atoms with Crippen molar-refractivity contribution in [1.29, 1.82) is 0 Å². The van der Waals surface area contributed by atoms with Gasteiger partial charge in [0.15, 0.2) is 0 Å². The minimum Gasteiger partial charge on any atom is -0.333 e. The molecule has 3 rings (SSSR count). The molecule has 2 saturated heterocycles. The fraction of sp³-hybridized carbons (Fsp3) is 0.611. The number of rotatable bonds is 4. The van der Waals surface area contributed by atoms with Crippen LogP contribution in [0.4, 0.5) is 0 Å². The van der Waals surface area contributed by atoms with Crippen molar-refractivity contribution in [2.24, 2.45) is 5.92 Å². The van der Waals surface area contributed by atoms with Crippen LogP contribution in [0.1, 0.15) is 36.9 Å². The zero-order valence-corrected chi connectivity index (χ0v) is 13.5. The summed E-state index contributed by atoms with van der Waals surface area (Å²) in [6.07, 6.45) is 2.88. The molecule has 1 amide bonds. The first kappa shape index (κ1) is 15.5. The normalized spacial score (nSPS) is 25.4. The molecule has 0 radical (unpaired) electrons. The quantitative estimate of drug-likeness (QED) is 0.890. The Hall–Kier alpha value is -1.39. The number of nitrogens with zero attached hydrogens (tertiary/aromatic N) is 1. The Balaban J connectivity index is 1.70. The standard InChI is InChI=1S/C18H27N3O/c1-2-14-3-5-16(6-4-14)17-13-20-9-10-21(17)18(22)11-15-7-8-19-12-15/h3-6,15,17,19-20H,2,7-13H2,1H3. The molecule has 4 heteroatoms. The van der Waals surface area contributed by atoms with Crippen molar-refractivity contribution >= 4 is 5.91 Å². The molecular formula is C18H27N3O. The third kappa shape index (κ3) is 3.50. The Morgan fingerprint density at radius 3 is 2.64 bits per heavy atom. The molecule has 2 fully saturated rings. The van der Waals surface area contributed by atoms with Crippen molar-refractivity contribution in [2.75, 3.05) is 32.7 Å². The highest BCUT2D eigenvalue weighted by Gasteiger charge is 2.29. The van der Waals surface area contributed by atoms with Crippen molar-refractivity contribution in [3.63, 3.8) is 0 Å². The fourth-order valence-electron chi connectivity index (χ4n) is 3.53. The molecule has 1 aromatic rings. The lowest BCUT2D eigenvalue weighted by Gasteiger charge is -2.37. The van der Waals surface area contributed by atoms with E-state index in [0.717, 1.165) is 45.6 Å². The van der Waals surface area contributed by atoms with Crippen LogP contribution < -0.4 is 10.6 Å². The lowest BCUT2D eigenvalue weighted by Crippen LogP contribution is -2.49. The molecule has 0 aromatic heterocycles. The second-order valence-electron chi connectivity index (χ2n) is 6.47. The van der Waals surface area contributed by atoms with E-state index < -0.39 is 0 Å². The van der Waals surface area contributed by atoms with Crippen LogP contribution in [0.15, 0.2) is 24.3 Å². The average Bonchev–Trinajstić information content (AvgIpc) is 3.08. The summed E-state index contributed by atoms with van der Waals surface area (Å²) in [4.78, 5) is 14.8. The van der Waals surface area contributed by atoms with Gasteiger partial charge in [0.2, 0.25) is 5.91 Å². The SMILES string of the molecule is CCc1ccc(C2CNCCN2C(=O)CC2CCNC2)cc1. The summed E-state index contributed by atoms with van der Waals surface area (Å²) in [5.41, 5.74) is 2.60. The molecule has 2 N–H and O–H groups in total. The summed E-state index contributed by atoms with van der Waals surface area (Å²) < 4.78 is 0. The van der Waals surface area contributed by atoms with Gasteiger partial charge in [-0.05, 0) is 43.0 Å². The number of carbonyl (C=O) groups is 1. The summed E-state index contributed by atoms with van der Waals surface area (Å²) in [6.45, 7) is 6.80. The van der Waals surface area contributed by atoms with Crippen molar-refractivity contribution < 1.29 is 4.79 Å². The number of carbonyl (C=O) groups excluding carboxylic acids is 1. The van der Waals surface area contributed by atoms with Crippen LogP contribution in [-0.4, -0.2) is 43.5 Å². The van der Waals surface area contributed by atoms with Gasteiger partial charge in [-0.15, -0.1) is 0 Å².